The van der Waals surface area contributed by atoms with Crippen LogP contribution in [0.5, 0.6) is 5.75 Å². The van der Waals surface area contributed by atoms with Crippen molar-refractivity contribution in [1.82, 2.24) is 14.5 Å². The second-order valence-corrected chi connectivity index (χ2v) is 9.37. The number of aryl methyl sites for hydroxylation is 1. The molecule has 0 N–H and O–H groups in total. The van der Waals surface area contributed by atoms with Gasteiger partial charge < -0.3 is 14.2 Å². The van der Waals surface area contributed by atoms with Crippen LogP contribution in [0.1, 0.15) is 35.1 Å². The van der Waals surface area contributed by atoms with E-state index < -0.39 is 0 Å². The predicted octanol–water partition coefficient (Wildman–Crippen LogP) is 5.86. The molecule has 6 heteroatoms. The van der Waals surface area contributed by atoms with E-state index in [0.717, 1.165) is 53.4 Å². The Hall–Kier alpha value is -3.38. The summed E-state index contributed by atoms with van der Waals surface area (Å²) in [5, 5.41) is 2.02. The number of hydrogen-bond donors (Lipinski definition) is 0. The lowest BCUT2D eigenvalue weighted by atomic mass is 10.0. The summed E-state index contributed by atoms with van der Waals surface area (Å²) in [6, 6.07) is 20.7. The smallest absolute Gasteiger partial charge is 0.246 e. The van der Waals surface area contributed by atoms with Crippen molar-refractivity contribution >= 4 is 34.4 Å². The van der Waals surface area contributed by atoms with Crippen LogP contribution < -0.4 is 4.74 Å². The van der Waals surface area contributed by atoms with Gasteiger partial charge in [0.1, 0.15) is 18.2 Å². The molecule has 2 aromatic carbocycles. The van der Waals surface area contributed by atoms with E-state index in [0.29, 0.717) is 12.6 Å². The second-order valence-electron chi connectivity index (χ2n) is 8.39. The molecule has 4 aromatic rings. The lowest BCUT2D eigenvalue weighted by molar-refractivity contribution is -0.127. The minimum atomic E-state index is 0.0836. The first kappa shape index (κ1) is 21.5. The fraction of sp³-hybridized carbons (Fsp3) is 0.259. The Bertz CT molecular complexity index is 1250. The molecule has 1 saturated heterocycles. The van der Waals surface area contributed by atoms with E-state index in [1.807, 2.05) is 46.7 Å². The van der Waals surface area contributed by atoms with Crippen molar-refractivity contribution in [3.8, 4) is 5.75 Å². The number of carbonyl (C=O) groups is 1. The molecule has 0 aliphatic carbocycles. The first-order valence-corrected chi connectivity index (χ1v) is 12.2. The number of thiophene rings is 1. The molecule has 5 rings (SSSR count). The number of amides is 1. The molecule has 5 nitrogen and oxygen atoms in total. The number of rotatable bonds is 6. The van der Waals surface area contributed by atoms with Gasteiger partial charge in [0.15, 0.2) is 0 Å². The van der Waals surface area contributed by atoms with E-state index in [1.54, 1.807) is 17.4 Å². The van der Waals surface area contributed by atoms with Gasteiger partial charge >= 0.3 is 0 Å². The summed E-state index contributed by atoms with van der Waals surface area (Å²) < 4.78 is 8.40. The highest BCUT2D eigenvalue weighted by atomic mass is 32.1. The summed E-state index contributed by atoms with van der Waals surface area (Å²) in [6.07, 6.45) is 5.40. The lowest BCUT2D eigenvalue weighted by Crippen LogP contribution is -2.38. The minimum absolute atomic E-state index is 0.0836. The predicted molar refractivity (Wildman–Crippen MR) is 133 cm³/mol. The summed E-state index contributed by atoms with van der Waals surface area (Å²) >= 11 is 1.64. The Morgan fingerprint density at radius 2 is 1.88 bits per heavy atom. The van der Waals surface area contributed by atoms with Crippen LogP contribution in [0.15, 0.2) is 72.1 Å². The summed E-state index contributed by atoms with van der Waals surface area (Å²) in [6.45, 7) is 3.96. The first-order chi connectivity index (χ1) is 16.2. The van der Waals surface area contributed by atoms with Gasteiger partial charge in [0.05, 0.1) is 11.0 Å². The molecule has 0 spiro atoms. The van der Waals surface area contributed by atoms with Gasteiger partial charge in [-0.05, 0) is 61.6 Å². The van der Waals surface area contributed by atoms with Crippen molar-refractivity contribution in [3.05, 3.63) is 88.4 Å². The van der Waals surface area contributed by atoms with Crippen LogP contribution in [0, 0.1) is 6.92 Å². The number of piperidine rings is 1. The van der Waals surface area contributed by atoms with Crippen LogP contribution in [0.3, 0.4) is 0 Å². The Balaban J connectivity index is 1.30. The number of ether oxygens (including phenoxy) is 1. The summed E-state index contributed by atoms with van der Waals surface area (Å²) in [7, 11) is 0. The standard InChI is InChI=1S/C27H27N3O2S/c1-20-8-10-22(11-9-20)32-19-26-28-24-6-2-3-7-25(24)30(26)21-14-16-29(17-15-21)27(31)13-12-23-5-4-18-33-23/h2-13,18,21H,14-17,19H2,1H3/b13-12+. The third-order valence-corrected chi connectivity index (χ3v) is 6.97. The molecule has 3 heterocycles. The number of imidazole rings is 1. The monoisotopic (exact) mass is 457 g/mol. The average Bonchev–Trinajstić information content (AvgIpc) is 3.50. The largest absolute Gasteiger partial charge is 0.486 e. The van der Waals surface area contributed by atoms with Crippen LogP contribution >= 0.6 is 11.3 Å². The molecule has 1 aliphatic heterocycles. The molecule has 2 aromatic heterocycles. The molecule has 0 unspecified atom stereocenters. The number of benzene rings is 2. The Morgan fingerprint density at radius 1 is 1.09 bits per heavy atom. The molecular formula is C27H27N3O2S. The molecule has 1 amide bonds. The topological polar surface area (TPSA) is 47.4 Å². The first-order valence-electron chi connectivity index (χ1n) is 11.3. The highest BCUT2D eigenvalue weighted by molar-refractivity contribution is 7.10. The molecule has 0 saturated carbocycles. The van der Waals surface area contributed by atoms with E-state index in [9.17, 15) is 4.79 Å². The van der Waals surface area contributed by atoms with Crippen LogP contribution in [-0.2, 0) is 11.4 Å². The van der Waals surface area contributed by atoms with Crippen molar-refractivity contribution < 1.29 is 9.53 Å². The molecule has 0 atom stereocenters. The van der Waals surface area contributed by atoms with E-state index in [4.69, 9.17) is 9.72 Å². The van der Waals surface area contributed by atoms with Gasteiger partial charge in [0, 0.05) is 30.1 Å². The molecule has 1 fully saturated rings. The Labute approximate surface area is 197 Å². The number of hydrogen-bond acceptors (Lipinski definition) is 4. The molecule has 168 valence electrons. The van der Waals surface area contributed by atoms with Gasteiger partial charge in [-0.3, -0.25) is 4.79 Å². The zero-order valence-electron chi connectivity index (χ0n) is 18.7. The molecule has 33 heavy (non-hydrogen) atoms. The number of likely N-dealkylation sites (tertiary alicyclic amines) is 1. The van der Waals surface area contributed by atoms with Gasteiger partial charge in [0.2, 0.25) is 5.91 Å². The SMILES string of the molecule is Cc1ccc(OCc2nc3ccccc3n2C2CCN(C(=O)/C=C/c3cccs3)CC2)cc1. The van der Waals surface area contributed by atoms with Crippen molar-refractivity contribution in [2.45, 2.75) is 32.4 Å². The van der Waals surface area contributed by atoms with E-state index in [1.165, 1.54) is 5.56 Å². The highest BCUT2D eigenvalue weighted by Gasteiger charge is 2.26. The molecule has 1 aliphatic rings. The fourth-order valence-corrected chi connectivity index (χ4v) is 4.99. The molecular weight excluding hydrogens is 430 g/mol. The van der Waals surface area contributed by atoms with Crippen LogP contribution in [-0.4, -0.2) is 33.4 Å². The maximum atomic E-state index is 12.7. The van der Waals surface area contributed by atoms with Gasteiger partial charge in [-0.2, -0.15) is 0 Å². The fourth-order valence-electron chi connectivity index (χ4n) is 4.38. The number of fused-ring (bicyclic) bond motifs is 1. The maximum absolute atomic E-state index is 12.7. The van der Waals surface area contributed by atoms with Crippen molar-refractivity contribution in [2.24, 2.45) is 0 Å². The third-order valence-electron chi connectivity index (χ3n) is 6.13. The van der Waals surface area contributed by atoms with E-state index >= 15 is 0 Å². The number of carbonyl (C=O) groups excluding carboxylic acids is 1. The van der Waals surface area contributed by atoms with E-state index in [-0.39, 0.29) is 5.91 Å². The Kier molecular flexibility index (Phi) is 6.26. The van der Waals surface area contributed by atoms with Gasteiger partial charge in [-0.1, -0.05) is 35.9 Å². The van der Waals surface area contributed by atoms with Crippen molar-refractivity contribution in [1.29, 1.82) is 0 Å². The zero-order valence-corrected chi connectivity index (χ0v) is 19.5. The summed E-state index contributed by atoms with van der Waals surface area (Å²) in [5.74, 6) is 1.86. The normalized spacial score (nSPS) is 14.9. The van der Waals surface area contributed by atoms with Crippen LogP contribution in [0.4, 0.5) is 0 Å². The summed E-state index contributed by atoms with van der Waals surface area (Å²) in [4.78, 5) is 20.6. The van der Waals surface area contributed by atoms with E-state index in [2.05, 4.69) is 41.8 Å². The van der Waals surface area contributed by atoms with Gasteiger partial charge in [-0.25, -0.2) is 4.98 Å². The average molecular weight is 458 g/mol. The van der Waals surface area contributed by atoms with Crippen LogP contribution in [0.2, 0.25) is 0 Å². The van der Waals surface area contributed by atoms with Crippen LogP contribution in [0.25, 0.3) is 17.1 Å². The number of nitrogens with zero attached hydrogens (tertiary/aromatic N) is 3. The van der Waals surface area contributed by atoms with Gasteiger partial charge in [0.25, 0.3) is 0 Å². The molecule has 0 bridgehead atoms. The summed E-state index contributed by atoms with van der Waals surface area (Å²) in [5.41, 5.74) is 3.32. The Morgan fingerprint density at radius 3 is 2.64 bits per heavy atom. The second kappa shape index (κ2) is 9.63. The third kappa shape index (κ3) is 4.86. The van der Waals surface area contributed by atoms with Gasteiger partial charge in [-0.15, -0.1) is 11.3 Å². The number of aromatic nitrogens is 2. The molecule has 0 radical (unpaired) electrons. The quantitative estimate of drug-likeness (QED) is 0.341. The highest BCUT2D eigenvalue weighted by Crippen LogP contribution is 2.30. The van der Waals surface area contributed by atoms with Crippen molar-refractivity contribution in [2.75, 3.05) is 13.1 Å². The van der Waals surface area contributed by atoms with Crippen molar-refractivity contribution in [3.63, 3.8) is 0 Å². The minimum Gasteiger partial charge on any atom is -0.486 e. The number of para-hydroxylation sites is 2. The lowest BCUT2D eigenvalue weighted by Gasteiger charge is -2.33. The maximum Gasteiger partial charge on any atom is 0.246 e. The zero-order chi connectivity index (χ0) is 22.6.